The Hall–Kier alpha value is -3.47. The molecule has 2 aliphatic rings. The quantitative estimate of drug-likeness (QED) is 0.458. The number of aromatic nitrogens is 4. The van der Waals surface area contributed by atoms with Crippen molar-refractivity contribution in [1.82, 2.24) is 24.5 Å². The molecular weight excluding hydrogens is 417 g/mol. The van der Waals surface area contributed by atoms with E-state index in [1.165, 1.54) is 15.3 Å². The zero-order valence-electron chi connectivity index (χ0n) is 17.5. The van der Waals surface area contributed by atoms with Crippen LogP contribution in [-0.2, 0) is 0 Å². The van der Waals surface area contributed by atoms with E-state index in [9.17, 15) is 19.1 Å². The maximum atomic E-state index is 13.5. The van der Waals surface area contributed by atoms with Crippen molar-refractivity contribution < 1.29 is 14.3 Å². The highest BCUT2D eigenvalue weighted by molar-refractivity contribution is 6.00. The van der Waals surface area contributed by atoms with E-state index in [4.69, 9.17) is 0 Å². The third-order valence-corrected chi connectivity index (χ3v) is 5.99. The summed E-state index contributed by atoms with van der Waals surface area (Å²) >= 11 is 0. The number of pyridine rings is 1. The second-order valence-electron chi connectivity index (χ2n) is 8.29. The monoisotopic (exact) mass is 441 g/mol. The zero-order chi connectivity index (χ0) is 22.4. The minimum absolute atomic E-state index is 0.0953. The minimum atomic E-state index is -0.998. The molecule has 11 heteroatoms. The van der Waals surface area contributed by atoms with Crippen LogP contribution in [-0.4, -0.2) is 55.5 Å². The first-order valence-electron chi connectivity index (χ1n) is 10.6. The van der Waals surface area contributed by atoms with Crippen LogP contribution in [0.4, 0.5) is 21.7 Å². The maximum Gasteiger partial charge on any atom is 0.274 e. The van der Waals surface area contributed by atoms with Crippen LogP contribution < -0.4 is 21.5 Å². The van der Waals surface area contributed by atoms with Gasteiger partial charge in [0, 0.05) is 31.8 Å². The fraction of sp³-hybridized carbons (Fsp3) is 0.429. The van der Waals surface area contributed by atoms with Gasteiger partial charge in [-0.3, -0.25) is 9.59 Å². The Morgan fingerprint density at radius 1 is 1.31 bits per heavy atom. The summed E-state index contributed by atoms with van der Waals surface area (Å²) < 4.78 is 16.4. The fourth-order valence-electron chi connectivity index (χ4n) is 4.16. The number of carbonyl (C=O) groups excluding carboxylic acids is 1. The van der Waals surface area contributed by atoms with Crippen molar-refractivity contribution in [3.63, 3.8) is 0 Å². The highest BCUT2D eigenvalue weighted by Gasteiger charge is 2.39. The summed E-state index contributed by atoms with van der Waals surface area (Å²) in [6.45, 7) is 0. The Morgan fingerprint density at radius 2 is 2.12 bits per heavy atom. The van der Waals surface area contributed by atoms with Crippen molar-refractivity contribution in [3.8, 4) is 0 Å². The van der Waals surface area contributed by atoms with Gasteiger partial charge >= 0.3 is 0 Å². The van der Waals surface area contributed by atoms with Crippen LogP contribution in [0.2, 0.25) is 0 Å². The lowest BCUT2D eigenvalue weighted by Crippen LogP contribution is -2.33. The van der Waals surface area contributed by atoms with Gasteiger partial charge in [0.15, 0.2) is 5.65 Å². The predicted octanol–water partition coefficient (Wildman–Crippen LogP) is 1.60. The first kappa shape index (κ1) is 20.4. The first-order chi connectivity index (χ1) is 15.4. The lowest BCUT2D eigenvalue weighted by molar-refractivity contribution is 0.0935. The van der Waals surface area contributed by atoms with Gasteiger partial charge in [-0.2, -0.15) is 9.61 Å². The number of aliphatic hydroxyl groups excluding tert-OH is 1. The van der Waals surface area contributed by atoms with E-state index in [-0.39, 0.29) is 28.8 Å². The van der Waals surface area contributed by atoms with E-state index >= 15 is 0 Å². The van der Waals surface area contributed by atoms with Gasteiger partial charge in [0.2, 0.25) is 0 Å². The zero-order valence-corrected chi connectivity index (χ0v) is 17.5. The van der Waals surface area contributed by atoms with Crippen LogP contribution >= 0.6 is 0 Å². The number of nitrogens with one attached hydrogen (secondary N) is 3. The van der Waals surface area contributed by atoms with Crippen LogP contribution in [0.3, 0.4) is 0 Å². The lowest BCUT2D eigenvalue weighted by atomic mass is 10.2. The second kappa shape index (κ2) is 7.90. The van der Waals surface area contributed by atoms with Gasteiger partial charge in [-0.15, -0.1) is 0 Å². The Balaban J connectivity index is 1.46. The summed E-state index contributed by atoms with van der Waals surface area (Å²) in [4.78, 5) is 30.1. The molecule has 0 radical (unpaired) electrons. The molecule has 4 atom stereocenters. The van der Waals surface area contributed by atoms with Crippen LogP contribution in [0.15, 0.2) is 35.4 Å². The summed E-state index contributed by atoms with van der Waals surface area (Å²) in [7, 11) is 1.71. The smallest absolute Gasteiger partial charge is 0.274 e. The van der Waals surface area contributed by atoms with Gasteiger partial charge in [0.25, 0.3) is 11.5 Å². The van der Waals surface area contributed by atoms with E-state index in [1.807, 2.05) is 0 Å². The largest absolute Gasteiger partial charge is 0.393 e. The first-order valence-corrected chi connectivity index (χ1v) is 10.6. The third kappa shape index (κ3) is 3.68. The molecule has 0 bridgehead atoms. The normalized spacial score (nSPS) is 24.5. The number of hydrogen-bond donors (Lipinski definition) is 4. The topological polar surface area (TPSA) is 126 Å². The molecule has 32 heavy (non-hydrogen) atoms. The van der Waals surface area contributed by atoms with Crippen molar-refractivity contribution in [2.24, 2.45) is 0 Å². The molecule has 0 spiro atoms. The second-order valence-corrected chi connectivity index (χ2v) is 8.29. The van der Waals surface area contributed by atoms with Crippen LogP contribution in [0.25, 0.3) is 5.65 Å². The number of rotatable bonds is 6. The molecule has 2 fully saturated rings. The molecule has 4 N–H and O–H groups in total. The summed E-state index contributed by atoms with van der Waals surface area (Å²) in [5, 5.41) is 22.9. The molecule has 3 heterocycles. The molecule has 168 valence electrons. The summed E-state index contributed by atoms with van der Waals surface area (Å²) in [5.41, 5.74) is 0.528. The Kier molecular flexibility index (Phi) is 5.04. The molecular formula is C21H24FN7O3. The van der Waals surface area contributed by atoms with Crippen LogP contribution in [0, 0.1) is 0 Å². The number of carbonyl (C=O) groups is 1. The highest BCUT2D eigenvalue weighted by Crippen LogP contribution is 2.37. The Bertz CT molecular complexity index is 1240. The molecule has 0 aromatic carbocycles. The number of fused-ring (bicyclic) bond motifs is 1. The summed E-state index contributed by atoms with van der Waals surface area (Å²) in [6.07, 6.45) is 3.86. The fourth-order valence-corrected chi connectivity index (χ4v) is 4.16. The number of amides is 1. The van der Waals surface area contributed by atoms with Gasteiger partial charge in [-0.1, -0.05) is 0 Å². The number of halogens is 1. The SMILES string of the molecule is CNc1cc(Nc2cccn([C@H]3C[C@@H]3F)c2=O)nc2c(C(=O)N[C@@H]3CC[C@H](O)C3)cnn12. The number of hydrogen-bond acceptors (Lipinski definition) is 7. The molecule has 0 saturated heterocycles. The van der Waals surface area contributed by atoms with Crippen LogP contribution in [0.1, 0.15) is 42.1 Å². The van der Waals surface area contributed by atoms with Gasteiger partial charge in [-0.25, -0.2) is 9.37 Å². The average Bonchev–Trinajstić information content (AvgIpc) is 3.14. The number of alkyl halides is 1. The van der Waals surface area contributed by atoms with Gasteiger partial charge in [-0.05, 0) is 31.4 Å². The van der Waals surface area contributed by atoms with Crippen molar-refractivity contribution >= 4 is 28.9 Å². The van der Waals surface area contributed by atoms with Crippen molar-refractivity contribution in [2.75, 3.05) is 17.7 Å². The van der Waals surface area contributed by atoms with E-state index in [0.717, 1.165) is 6.42 Å². The third-order valence-electron chi connectivity index (χ3n) is 5.99. The van der Waals surface area contributed by atoms with Gasteiger partial charge in [0.1, 0.15) is 29.1 Å². The molecule has 2 saturated carbocycles. The number of aliphatic hydroxyl groups is 1. The van der Waals surface area contributed by atoms with Crippen molar-refractivity contribution in [3.05, 3.63) is 46.5 Å². The van der Waals surface area contributed by atoms with Crippen molar-refractivity contribution in [2.45, 2.75) is 50.0 Å². The molecule has 1 amide bonds. The Labute approximate surface area is 182 Å². The predicted molar refractivity (Wildman–Crippen MR) is 116 cm³/mol. The summed E-state index contributed by atoms with van der Waals surface area (Å²) in [6, 6.07) is 4.43. The van der Waals surface area contributed by atoms with E-state index in [0.29, 0.717) is 36.5 Å². The van der Waals surface area contributed by atoms with E-state index in [2.05, 4.69) is 26.0 Å². The summed E-state index contributed by atoms with van der Waals surface area (Å²) in [5.74, 6) is 0.584. The average molecular weight is 441 g/mol. The maximum absolute atomic E-state index is 13.5. The number of nitrogens with zero attached hydrogens (tertiary/aromatic N) is 4. The molecule has 0 aliphatic heterocycles. The molecule has 3 aromatic heterocycles. The van der Waals surface area contributed by atoms with E-state index in [1.54, 1.807) is 31.4 Å². The molecule has 3 aromatic rings. The standard InChI is InChI=1S/C21H24FN7O3/c1-23-18-9-17(26-15-3-2-6-28(21(15)32)16-8-14(16)22)27-19-13(10-24-29(18)19)20(31)25-11-4-5-12(30)7-11/h2-3,6,9-12,14,16,23,30H,4-5,7-8H2,1H3,(H,25,31)(H,26,27)/t11-,12+,14+,16+/m1/s1. The molecule has 0 unspecified atom stereocenters. The van der Waals surface area contributed by atoms with Crippen LogP contribution in [0.5, 0.6) is 0 Å². The van der Waals surface area contributed by atoms with Gasteiger partial charge < -0.3 is 25.6 Å². The molecule has 10 nitrogen and oxygen atoms in total. The van der Waals surface area contributed by atoms with Crippen molar-refractivity contribution in [1.29, 1.82) is 0 Å². The van der Waals surface area contributed by atoms with E-state index < -0.39 is 18.3 Å². The minimum Gasteiger partial charge on any atom is -0.393 e. The molecule has 5 rings (SSSR count). The van der Waals surface area contributed by atoms with Gasteiger partial charge in [0.05, 0.1) is 18.3 Å². The number of anilines is 3. The Morgan fingerprint density at radius 3 is 2.81 bits per heavy atom. The molecule has 2 aliphatic carbocycles. The lowest BCUT2D eigenvalue weighted by Gasteiger charge is -2.13. The highest BCUT2D eigenvalue weighted by atomic mass is 19.1.